The zero-order valence-electron chi connectivity index (χ0n) is 15.9. The van der Waals surface area contributed by atoms with Gasteiger partial charge in [0.2, 0.25) is 0 Å². The van der Waals surface area contributed by atoms with E-state index in [-0.39, 0.29) is 4.90 Å². The van der Waals surface area contributed by atoms with Crippen LogP contribution >= 0.6 is 0 Å². The molecule has 1 heterocycles. The first-order valence-corrected chi connectivity index (χ1v) is 11.0. The number of nitrogens with zero attached hydrogens (tertiary/aromatic N) is 4. The summed E-state index contributed by atoms with van der Waals surface area (Å²) in [7, 11) is -3.72. The van der Waals surface area contributed by atoms with Crippen molar-refractivity contribution in [3.05, 3.63) is 54.1 Å². The van der Waals surface area contributed by atoms with Crippen LogP contribution in [0.15, 0.2) is 53.4 Å². The highest BCUT2D eigenvalue weighted by atomic mass is 32.2. The van der Waals surface area contributed by atoms with Gasteiger partial charge in [-0.2, -0.15) is 0 Å². The molecule has 1 fully saturated rings. The number of anilines is 1. The summed E-state index contributed by atoms with van der Waals surface area (Å²) in [6, 6.07) is 14.5. The van der Waals surface area contributed by atoms with E-state index < -0.39 is 10.0 Å². The number of aromatic nitrogens is 4. The van der Waals surface area contributed by atoms with Crippen LogP contribution in [0.1, 0.15) is 50.6 Å². The molecule has 0 saturated heterocycles. The largest absolute Gasteiger partial charge is 0.279 e. The number of tetrazole rings is 1. The van der Waals surface area contributed by atoms with Gasteiger partial charge in [-0.3, -0.25) is 4.72 Å². The van der Waals surface area contributed by atoms with Gasteiger partial charge in [0.1, 0.15) is 0 Å². The molecular formula is C20H23N5O2S. The zero-order chi connectivity index (χ0) is 19.7. The second kappa shape index (κ2) is 7.35. The van der Waals surface area contributed by atoms with Crippen LogP contribution in [0.4, 0.5) is 5.69 Å². The van der Waals surface area contributed by atoms with Gasteiger partial charge in [0.15, 0.2) is 5.82 Å². The summed E-state index contributed by atoms with van der Waals surface area (Å²) in [5.41, 5.74) is 2.26. The summed E-state index contributed by atoms with van der Waals surface area (Å²) in [5, 5.41) is 12.0. The Morgan fingerprint density at radius 2 is 1.86 bits per heavy atom. The Balaban J connectivity index is 1.65. The summed E-state index contributed by atoms with van der Waals surface area (Å²) < 4.78 is 30.3. The maximum atomic E-state index is 12.9. The lowest BCUT2D eigenvalue weighted by molar-refractivity contribution is 0.601. The van der Waals surface area contributed by atoms with Crippen molar-refractivity contribution >= 4 is 15.7 Å². The van der Waals surface area contributed by atoms with Crippen LogP contribution in [0.3, 0.4) is 0 Å². The molecule has 8 heteroatoms. The van der Waals surface area contributed by atoms with Crippen molar-refractivity contribution in [1.82, 2.24) is 20.2 Å². The van der Waals surface area contributed by atoms with E-state index in [9.17, 15) is 8.42 Å². The second-order valence-electron chi connectivity index (χ2n) is 7.21. The Hall–Kier alpha value is -2.74. The minimum Gasteiger partial charge on any atom is -0.279 e. The predicted octanol–water partition coefficient (Wildman–Crippen LogP) is 3.99. The number of para-hydroxylation sites is 1. The molecule has 2 aromatic carbocycles. The molecule has 3 aromatic rings. The minimum absolute atomic E-state index is 0.233. The van der Waals surface area contributed by atoms with E-state index in [2.05, 4.69) is 34.1 Å². The fourth-order valence-electron chi connectivity index (χ4n) is 3.12. The number of nitrogens with one attached hydrogen (secondary N) is 1. The molecule has 0 radical (unpaired) electrons. The van der Waals surface area contributed by atoms with Crippen molar-refractivity contribution in [1.29, 1.82) is 0 Å². The number of rotatable bonds is 7. The standard InChI is InChI=1S/C20H23N5O2S/c1-3-14(2)15-8-12-17(13-9-15)28(26,27)22-19-7-5-4-6-18(19)20-21-23-24-25(20)16-10-11-16/h4-9,12-14,16,22H,3,10-11H2,1-2H3/t14-/m0/s1. The van der Waals surface area contributed by atoms with Gasteiger partial charge >= 0.3 is 0 Å². The van der Waals surface area contributed by atoms with Gasteiger partial charge in [0.05, 0.1) is 16.6 Å². The van der Waals surface area contributed by atoms with Crippen LogP contribution in [-0.4, -0.2) is 28.6 Å². The summed E-state index contributed by atoms with van der Waals surface area (Å²) in [4.78, 5) is 0.233. The Labute approximate surface area is 164 Å². The zero-order valence-corrected chi connectivity index (χ0v) is 16.7. The molecule has 1 aromatic heterocycles. The highest BCUT2D eigenvalue weighted by Gasteiger charge is 2.29. The van der Waals surface area contributed by atoms with E-state index in [1.165, 1.54) is 0 Å². The maximum absolute atomic E-state index is 12.9. The highest BCUT2D eigenvalue weighted by Crippen LogP contribution is 2.38. The molecule has 0 aliphatic heterocycles. The fraction of sp³-hybridized carbons (Fsp3) is 0.350. The number of hydrogen-bond acceptors (Lipinski definition) is 5. The summed E-state index contributed by atoms with van der Waals surface area (Å²) >= 11 is 0. The maximum Gasteiger partial charge on any atom is 0.261 e. The van der Waals surface area contributed by atoms with Crippen molar-refractivity contribution < 1.29 is 8.42 Å². The second-order valence-corrected chi connectivity index (χ2v) is 8.89. The molecule has 1 N–H and O–H groups in total. The molecule has 0 amide bonds. The first-order chi connectivity index (χ1) is 13.5. The third-order valence-corrected chi connectivity index (χ3v) is 6.55. The van der Waals surface area contributed by atoms with Gasteiger partial charge in [-0.1, -0.05) is 38.1 Å². The molecule has 1 atom stereocenters. The van der Waals surface area contributed by atoms with E-state index in [4.69, 9.17) is 0 Å². The van der Waals surface area contributed by atoms with Gasteiger partial charge in [-0.15, -0.1) is 5.10 Å². The van der Waals surface area contributed by atoms with Crippen molar-refractivity contribution in [2.45, 2.75) is 50.0 Å². The first kappa shape index (κ1) is 18.6. The minimum atomic E-state index is -3.72. The molecule has 0 spiro atoms. The van der Waals surface area contributed by atoms with Gasteiger partial charge in [0.25, 0.3) is 10.0 Å². The Bertz CT molecular complexity index is 1070. The number of benzene rings is 2. The number of sulfonamides is 1. The average Bonchev–Trinajstić information content (AvgIpc) is 3.44. The van der Waals surface area contributed by atoms with Crippen molar-refractivity contribution in [2.75, 3.05) is 4.72 Å². The molecule has 1 aliphatic carbocycles. The third-order valence-electron chi connectivity index (χ3n) is 5.17. The van der Waals surface area contributed by atoms with Crippen molar-refractivity contribution in [3.8, 4) is 11.4 Å². The Kier molecular flexibility index (Phi) is 4.89. The fourth-order valence-corrected chi connectivity index (χ4v) is 4.20. The van der Waals surface area contributed by atoms with Crippen LogP contribution in [0.25, 0.3) is 11.4 Å². The normalized spacial score (nSPS) is 15.4. The molecular weight excluding hydrogens is 374 g/mol. The average molecular weight is 398 g/mol. The SMILES string of the molecule is CC[C@H](C)c1ccc(S(=O)(=O)Nc2ccccc2-c2nnnn2C2CC2)cc1. The van der Waals surface area contributed by atoms with Crippen LogP contribution in [0.2, 0.25) is 0 Å². The van der Waals surface area contributed by atoms with Crippen molar-refractivity contribution in [3.63, 3.8) is 0 Å². The molecule has 28 heavy (non-hydrogen) atoms. The molecule has 1 aliphatic rings. The molecule has 1 saturated carbocycles. The highest BCUT2D eigenvalue weighted by molar-refractivity contribution is 7.92. The summed E-state index contributed by atoms with van der Waals surface area (Å²) in [6.07, 6.45) is 3.08. The summed E-state index contributed by atoms with van der Waals surface area (Å²) in [5.74, 6) is 0.972. The van der Waals surface area contributed by atoms with Gasteiger partial charge in [-0.05, 0) is 65.4 Å². The third kappa shape index (κ3) is 3.64. The lowest BCUT2D eigenvalue weighted by Gasteiger charge is -2.14. The molecule has 0 bridgehead atoms. The Morgan fingerprint density at radius 1 is 1.14 bits per heavy atom. The van der Waals surface area contributed by atoms with Crippen LogP contribution in [0.5, 0.6) is 0 Å². The predicted molar refractivity (Wildman–Crippen MR) is 107 cm³/mol. The lowest BCUT2D eigenvalue weighted by Crippen LogP contribution is -2.14. The van der Waals surface area contributed by atoms with E-state index in [1.54, 1.807) is 28.9 Å². The molecule has 146 valence electrons. The van der Waals surface area contributed by atoms with E-state index in [0.717, 1.165) is 24.8 Å². The van der Waals surface area contributed by atoms with Gasteiger partial charge in [-0.25, -0.2) is 13.1 Å². The summed E-state index contributed by atoms with van der Waals surface area (Å²) in [6.45, 7) is 4.24. The monoisotopic (exact) mass is 397 g/mol. The number of hydrogen-bond donors (Lipinski definition) is 1. The van der Waals surface area contributed by atoms with Crippen LogP contribution in [0, 0.1) is 0 Å². The quantitative estimate of drug-likeness (QED) is 0.651. The first-order valence-electron chi connectivity index (χ1n) is 9.49. The smallest absolute Gasteiger partial charge is 0.261 e. The molecule has 0 unspecified atom stereocenters. The topological polar surface area (TPSA) is 89.8 Å². The van der Waals surface area contributed by atoms with Crippen LogP contribution in [-0.2, 0) is 10.0 Å². The molecule has 4 rings (SSSR count). The van der Waals surface area contributed by atoms with E-state index in [1.807, 2.05) is 24.3 Å². The van der Waals surface area contributed by atoms with Crippen LogP contribution < -0.4 is 4.72 Å². The Morgan fingerprint density at radius 3 is 2.54 bits per heavy atom. The molecule has 7 nitrogen and oxygen atoms in total. The van der Waals surface area contributed by atoms with E-state index >= 15 is 0 Å². The van der Waals surface area contributed by atoms with Gasteiger partial charge < -0.3 is 0 Å². The van der Waals surface area contributed by atoms with Crippen molar-refractivity contribution in [2.24, 2.45) is 0 Å². The van der Waals surface area contributed by atoms with Gasteiger partial charge in [0, 0.05) is 5.56 Å². The lowest BCUT2D eigenvalue weighted by atomic mass is 9.99. The van der Waals surface area contributed by atoms with E-state index in [0.29, 0.717) is 29.0 Å².